The molecule has 2 aromatic heterocycles. The minimum absolute atomic E-state index is 0.0231. The van der Waals surface area contributed by atoms with Crippen molar-refractivity contribution in [1.82, 2.24) is 4.98 Å². The molecule has 3 aromatic rings. The van der Waals surface area contributed by atoms with Gasteiger partial charge in [0.25, 0.3) is 11.7 Å². The van der Waals surface area contributed by atoms with E-state index >= 15 is 0 Å². The van der Waals surface area contributed by atoms with E-state index in [0.717, 1.165) is 5.56 Å². The average Bonchev–Trinajstić information content (AvgIpc) is 3.04. The summed E-state index contributed by atoms with van der Waals surface area (Å²) in [6.45, 7) is 0.505. The highest BCUT2D eigenvalue weighted by Crippen LogP contribution is 2.23. The predicted molar refractivity (Wildman–Crippen MR) is 66.7 cm³/mol. The minimum atomic E-state index is -0.472. The van der Waals surface area contributed by atoms with E-state index in [1.165, 1.54) is 12.1 Å². The molecule has 0 saturated heterocycles. The van der Waals surface area contributed by atoms with Gasteiger partial charge in [-0.15, -0.1) is 0 Å². The standard InChI is InChI=1S/C12H9N3O4/c16-15(17)9-1-2-10-11(5-9)19-12(14-10)13-6-8-3-4-18-7-8/h1-5,7H,6H2,(H,13,14). The van der Waals surface area contributed by atoms with Crippen molar-refractivity contribution in [2.45, 2.75) is 6.54 Å². The van der Waals surface area contributed by atoms with Crippen molar-refractivity contribution in [2.75, 3.05) is 5.32 Å². The molecule has 0 fully saturated rings. The van der Waals surface area contributed by atoms with Crippen molar-refractivity contribution >= 4 is 22.8 Å². The number of aromatic nitrogens is 1. The molecule has 19 heavy (non-hydrogen) atoms. The fraction of sp³-hybridized carbons (Fsp3) is 0.0833. The number of anilines is 1. The number of hydrogen-bond acceptors (Lipinski definition) is 6. The number of fused-ring (bicyclic) bond motifs is 1. The molecule has 2 heterocycles. The van der Waals surface area contributed by atoms with Gasteiger partial charge in [-0.25, -0.2) is 0 Å². The Balaban J connectivity index is 1.83. The zero-order chi connectivity index (χ0) is 13.2. The van der Waals surface area contributed by atoms with Crippen LogP contribution in [0.1, 0.15) is 5.56 Å². The Bertz CT molecular complexity index is 718. The van der Waals surface area contributed by atoms with Gasteiger partial charge >= 0.3 is 0 Å². The Kier molecular flexibility index (Phi) is 2.64. The summed E-state index contributed by atoms with van der Waals surface area (Å²) in [5.74, 6) is 0. The van der Waals surface area contributed by atoms with Crippen molar-refractivity contribution in [1.29, 1.82) is 0 Å². The number of hydrogen-bond donors (Lipinski definition) is 1. The fourth-order valence-electron chi connectivity index (χ4n) is 1.67. The summed E-state index contributed by atoms with van der Waals surface area (Å²) in [4.78, 5) is 14.4. The highest BCUT2D eigenvalue weighted by Gasteiger charge is 2.11. The molecule has 7 heteroatoms. The smallest absolute Gasteiger partial charge is 0.295 e. The zero-order valence-corrected chi connectivity index (χ0v) is 9.70. The van der Waals surface area contributed by atoms with Gasteiger partial charge in [-0.1, -0.05) is 0 Å². The normalized spacial score (nSPS) is 10.7. The molecule has 1 N–H and O–H groups in total. The molecule has 0 aliphatic heterocycles. The lowest BCUT2D eigenvalue weighted by atomic mass is 10.3. The number of benzene rings is 1. The topological polar surface area (TPSA) is 94.3 Å². The van der Waals surface area contributed by atoms with Gasteiger partial charge in [-0.2, -0.15) is 4.98 Å². The number of nitro groups is 1. The summed E-state index contributed by atoms with van der Waals surface area (Å²) in [6.07, 6.45) is 3.19. The maximum atomic E-state index is 10.6. The van der Waals surface area contributed by atoms with Crippen molar-refractivity contribution in [3.05, 3.63) is 52.5 Å². The minimum Gasteiger partial charge on any atom is -0.472 e. The number of nitro benzene ring substituents is 1. The highest BCUT2D eigenvalue weighted by molar-refractivity contribution is 5.77. The summed E-state index contributed by atoms with van der Waals surface area (Å²) in [6, 6.07) is 6.44. The zero-order valence-electron chi connectivity index (χ0n) is 9.70. The number of furan rings is 1. The molecule has 0 amide bonds. The molecule has 3 rings (SSSR count). The van der Waals surface area contributed by atoms with Crippen LogP contribution in [0.15, 0.2) is 45.6 Å². The van der Waals surface area contributed by atoms with E-state index < -0.39 is 4.92 Å². The molecule has 0 atom stereocenters. The maximum Gasteiger partial charge on any atom is 0.295 e. The van der Waals surface area contributed by atoms with Gasteiger partial charge in [0, 0.05) is 18.2 Å². The molecule has 0 aliphatic carbocycles. The fourth-order valence-corrected chi connectivity index (χ4v) is 1.67. The van der Waals surface area contributed by atoms with Crippen molar-refractivity contribution in [3.8, 4) is 0 Å². The summed E-state index contributed by atoms with van der Waals surface area (Å²) in [7, 11) is 0. The second-order valence-electron chi connectivity index (χ2n) is 3.91. The van der Waals surface area contributed by atoms with Crippen LogP contribution in [-0.2, 0) is 6.54 Å². The molecule has 0 unspecified atom stereocenters. The molecule has 0 aliphatic rings. The summed E-state index contributed by atoms with van der Waals surface area (Å²) >= 11 is 0. The van der Waals surface area contributed by atoms with E-state index in [4.69, 9.17) is 8.83 Å². The third-order valence-electron chi connectivity index (χ3n) is 2.61. The van der Waals surface area contributed by atoms with Gasteiger partial charge < -0.3 is 14.2 Å². The van der Waals surface area contributed by atoms with Crippen LogP contribution in [0.25, 0.3) is 11.1 Å². The largest absolute Gasteiger partial charge is 0.472 e. The molecule has 0 saturated carbocycles. The van der Waals surface area contributed by atoms with Crippen molar-refractivity contribution in [2.24, 2.45) is 0 Å². The second-order valence-corrected chi connectivity index (χ2v) is 3.91. The van der Waals surface area contributed by atoms with Gasteiger partial charge in [0.2, 0.25) is 0 Å². The van der Waals surface area contributed by atoms with Crippen molar-refractivity contribution in [3.63, 3.8) is 0 Å². The quantitative estimate of drug-likeness (QED) is 0.571. The summed E-state index contributed by atoms with van der Waals surface area (Å²) in [5, 5.41) is 13.6. The summed E-state index contributed by atoms with van der Waals surface area (Å²) < 4.78 is 10.3. The molecular weight excluding hydrogens is 250 g/mol. The van der Waals surface area contributed by atoms with E-state index in [2.05, 4.69) is 10.3 Å². The number of oxazole rings is 1. The van der Waals surface area contributed by atoms with E-state index in [1.54, 1.807) is 18.6 Å². The number of nitrogens with one attached hydrogen (secondary N) is 1. The van der Waals surface area contributed by atoms with Crippen LogP contribution in [0.5, 0.6) is 0 Å². The highest BCUT2D eigenvalue weighted by atomic mass is 16.6. The van der Waals surface area contributed by atoms with Gasteiger partial charge in [0.15, 0.2) is 5.58 Å². The first kappa shape index (κ1) is 11.3. The lowest BCUT2D eigenvalue weighted by molar-refractivity contribution is -0.384. The Morgan fingerprint density at radius 2 is 2.26 bits per heavy atom. The SMILES string of the molecule is O=[N+]([O-])c1ccc2nc(NCc3ccoc3)oc2c1. The molecular formula is C12H9N3O4. The monoisotopic (exact) mass is 259 g/mol. The van der Waals surface area contributed by atoms with Crippen LogP contribution in [0.2, 0.25) is 0 Å². The van der Waals surface area contributed by atoms with Gasteiger partial charge in [0.1, 0.15) is 5.52 Å². The Morgan fingerprint density at radius 3 is 3.00 bits per heavy atom. The van der Waals surface area contributed by atoms with E-state index in [0.29, 0.717) is 23.7 Å². The van der Waals surface area contributed by atoms with E-state index in [1.807, 2.05) is 6.07 Å². The second kappa shape index (κ2) is 4.45. The molecule has 7 nitrogen and oxygen atoms in total. The summed E-state index contributed by atoms with van der Waals surface area (Å²) in [5.41, 5.74) is 1.88. The molecule has 0 spiro atoms. The van der Waals surface area contributed by atoms with Crippen LogP contribution in [0, 0.1) is 10.1 Å². The average molecular weight is 259 g/mol. The Labute approximate surface area is 107 Å². The van der Waals surface area contributed by atoms with Crippen LogP contribution < -0.4 is 5.32 Å². The van der Waals surface area contributed by atoms with Gasteiger partial charge in [-0.3, -0.25) is 10.1 Å². The lowest BCUT2D eigenvalue weighted by Crippen LogP contribution is -1.97. The number of non-ortho nitro benzene ring substituents is 1. The van der Waals surface area contributed by atoms with Crippen LogP contribution in [0.4, 0.5) is 11.7 Å². The molecule has 0 bridgehead atoms. The Hall–Kier alpha value is -2.83. The first-order valence-corrected chi connectivity index (χ1v) is 5.52. The molecule has 1 aromatic carbocycles. The molecule has 0 radical (unpaired) electrons. The predicted octanol–water partition coefficient (Wildman–Crippen LogP) is 2.94. The first-order valence-electron chi connectivity index (χ1n) is 5.52. The lowest BCUT2D eigenvalue weighted by Gasteiger charge is -1.96. The third kappa shape index (κ3) is 2.25. The first-order chi connectivity index (χ1) is 9.22. The van der Waals surface area contributed by atoms with Crippen LogP contribution >= 0.6 is 0 Å². The van der Waals surface area contributed by atoms with Gasteiger partial charge in [0.05, 0.1) is 23.5 Å². The van der Waals surface area contributed by atoms with E-state index in [9.17, 15) is 10.1 Å². The third-order valence-corrected chi connectivity index (χ3v) is 2.61. The molecule has 96 valence electrons. The van der Waals surface area contributed by atoms with Crippen molar-refractivity contribution < 1.29 is 13.8 Å². The van der Waals surface area contributed by atoms with Crippen LogP contribution in [-0.4, -0.2) is 9.91 Å². The number of rotatable bonds is 4. The van der Waals surface area contributed by atoms with E-state index in [-0.39, 0.29) is 5.69 Å². The van der Waals surface area contributed by atoms with Gasteiger partial charge in [-0.05, 0) is 12.1 Å². The maximum absolute atomic E-state index is 10.6. The number of nitrogens with zero attached hydrogens (tertiary/aromatic N) is 2. The van der Waals surface area contributed by atoms with Crippen LogP contribution in [0.3, 0.4) is 0 Å². The Morgan fingerprint density at radius 1 is 1.37 bits per heavy atom.